The van der Waals surface area contributed by atoms with E-state index < -0.39 is 18.2 Å². The van der Waals surface area contributed by atoms with E-state index in [4.69, 9.17) is 0 Å². The van der Waals surface area contributed by atoms with Gasteiger partial charge in [-0.25, -0.2) is 0 Å². The van der Waals surface area contributed by atoms with Crippen LogP contribution in [0.2, 0.25) is 0 Å². The highest BCUT2D eigenvalue weighted by Gasteiger charge is 2.51. The van der Waals surface area contributed by atoms with Crippen molar-refractivity contribution in [1.29, 1.82) is 0 Å². The molecule has 2 atom stereocenters. The van der Waals surface area contributed by atoms with Crippen molar-refractivity contribution in [1.82, 2.24) is 5.32 Å². The molecule has 8 heteroatoms. The third-order valence-electron chi connectivity index (χ3n) is 7.70. The van der Waals surface area contributed by atoms with Crippen molar-refractivity contribution in [3.63, 3.8) is 0 Å². The lowest BCUT2D eigenvalue weighted by Crippen LogP contribution is -2.68. The minimum absolute atomic E-state index is 0.0706. The Kier molecular flexibility index (Phi) is 6.21. The lowest BCUT2D eigenvalue weighted by molar-refractivity contribution is -0.944. The van der Waals surface area contributed by atoms with E-state index in [9.17, 15) is 23.1 Å². The standard InChI is InChI=1S/C22H31F3N2O2S/c23-21(24,25)10-4-11-27-12-8-16(9-13-27)18(15-27)26-20(28)22(29,17-5-1-2-6-17)19-7-3-14-30-19/h3,7,14,16-18,29H,1-2,4-6,8-13,15H2/p+1/t16?,18-,22+,27?/m0/s1. The molecule has 1 saturated carbocycles. The zero-order valence-corrected chi connectivity index (χ0v) is 18.1. The van der Waals surface area contributed by atoms with Gasteiger partial charge >= 0.3 is 6.18 Å². The molecular weight excluding hydrogens is 413 g/mol. The maximum atomic E-state index is 13.4. The van der Waals surface area contributed by atoms with Crippen molar-refractivity contribution in [3.05, 3.63) is 22.4 Å². The first-order valence-electron chi connectivity index (χ1n) is 11.2. The number of carbonyl (C=O) groups excluding carboxylic acids is 1. The van der Waals surface area contributed by atoms with E-state index in [0.29, 0.717) is 28.4 Å². The molecule has 5 rings (SSSR count). The van der Waals surface area contributed by atoms with E-state index in [1.165, 1.54) is 11.3 Å². The van der Waals surface area contributed by atoms with E-state index in [1.54, 1.807) is 0 Å². The van der Waals surface area contributed by atoms with Crippen LogP contribution >= 0.6 is 11.3 Å². The molecule has 4 aliphatic rings. The number of piperidine rings is 3. The van der Waals surface area contributed by atoms with Gasteiger partial charge in [0.15, 0.2) is 5.60 Å². The summed E-state index contributed by atoms with van der Waals surface area (Å²) in [5.41, 5.74) is -1.50. The van der Waals surface area contributed by atoms with Gasteiger partial charge in [-0.05, 0) is 30.2 Å². The van der Waals surface area contributed by atoms with Crippen LogP contribution in [0.25, 0.3) is 0 Å². The summed E-state index contributed by atoms with van der Waals surface area (Å²) in [6.45, 7) is 2.98. The van der Waals surface area contributed by atoms with Crippen molar-refractivity contribution < 1.29 is 27.6 Å². The molecular formula is C22H32F3N2O2S+. The number of nitrogens with zero attached hydrogens (tertiary/aromatic N) is 1. The molecule has 2 N–H and O–H groups in total. The Bertz CT molecular complexity index is 725. The summed E-state index contributed by atoms with van der Waals surface area (Å²) in [6.07, 6.45) is 0.867. The maximum Gasteiger partial charge on any atom is 0.389 e. The first-order chi connectivity index (χ1) is 14.2. The van der Waals surface area contributed by atoms with Gasteiger partial charge in [-0.1, -0.05) is 18.9 Å². The SMILES string of the molecule is O=C(N[C@H]1C[N+]2(CCCC(F)(F)F)CCC1CC2)[C@](O)(c1cccs1)C1CCCC1. The average Bonchev–Trinajstić information content (AvgIpc) is 3.41. The Balaban J connectivity index is 1.45. The Hall–Kier alpha value is -1.12. The monoisotopic (exact) mass is 445 g/mol. The molecule has 0 aromatic carbocycles. The van der Waals surface area contributed by atoms with Crippen molar-refractivity contribution >= 4 is 17.2 Å². The fourth-order valence-electron chi connectivity index (χ4n) is 6.00. The van der Waals surface area contributed by atoms with Gasteiger partial charge in [-0.3, -0.25) is 4.79 Å². The topological polar surface area (TPSA) is 49.3 Å². The summed E-state index contributed by atoms with van der Waals surface area (Å²) in [6, 6.07) is 3.63. The molecule has 4 heterocycles. The molecule has 1 aromatic heterocycles. The molecule has 4 fully saturated rings. The van der Waals surface area contributed by atoms with Crippen molar-refractivity contribution in [2.45, 2.75) is 69.2 Å². The molecule has 0 spiro atoms. The quantitative estimate of drug-likeness (QED) is 0.619. The van der Waals surface area contributed by atoms with Crippen LogP contribution in [-0.4, -0.2) is 53.9 Å². The minimum Gasteiger partial charge on any atom is -0.374 e. The second-order valence-electron chi connectivity index (χ2n) is 9.56. The van der Waals surface area contributed by atoms with Gasteiger partial charge in [0.25, 0.3) is 5.91 Å². The summed E-state index contributed by atoms with van der Waals surface area (Å²) in [4.78, 5) is 14.1. The molecule has 168 valence electrons. The number of hydrogen-bond donors (Lipinski definition) is 2. The van der Waals surface area contributed by atoms with Crippen molar-refractivity contribution in [2.75, 3.05) is 26.2 Å². The van der Waals surface area contributed by atoms with E-state index in [1.807, 2.05) is 17.5 Å². The largest absolute Gasteiger partial charge is 0.389 e. The number of hydrogen-bond acceptors (Lipinski definition) is 3. The third-order valence-corrected chi connectivity index (χ3v) is 8.69. The fourth-order valence-corrected chi connectivity index (χ4v) is 6.90. The Morgan fingerprint density at radius 3 is 2.50 bits per heavy atom. The van der Waals surface area contributed by atoms with Crippen LogP contribution in [0, 0.1) is 11.8 Å². The summed E-state index contributed by atoms with van der Waals surface area (Å²) in [5, 5.41) is 16.7. The van der Waals surface area contributed by atoms with Crippen LogP contribution in [0.4, 0.5) is 13.2 Å². The van der Waals surface area contributed by atoms with Crippen LogP contribution < -0.4 is 5.32 Å². The van der Waals surface area contributed by atoms with Crippen molar-refractivity contribution in [3.8, 4) is 0 Å². The minimum atomic E-state index is -4.11. The number of halogens is 3. The number of rotatable bonds is 7. The van der Waals surface area contributed by atoms with Gasteiger partial charge in [0, 0.05) is 36.5 Å². The Labute approximate surface area is 180 Å². The molecule has 1 aliphatic carbocycles. The van der Waals surface area contributed by atoms with Crippen LogP contribution in [0.5, 0.6) is 0 Å². The second-order valence-corrected chi connectivity index (χ2v) is 10.5. The molecule has 1 aromatic rings. The van der Waals surface area contributed by atoms with Crippen LogP contribution in [0.3, 0.4) is 0 Å². The predicted octanol–water partition coefficient (Wildman–Crippen LogP) is 4.19. The highest BCUT2D eigenvalue weighted by Crippen LogP contribution is 2.43. The molecule has 2 bridgehead atoms. The molecule has 30 heavy (non-hydrogen) atoms. The van der Waals surface area contributed by atoms with Gasteiger partial charge < -0.3 is 14.9 Å². The Morgan fingerprint density at radius 1 is 1.20 bits per heavy atom. The average molecular weight is 446 g/mol. The maximum absolute atomic E-state index is 13.4. The van der Waals surface area contributed by atoms with Gasteiger partial charge in [0.1, 0.15) is 0 Å². The number of alkyl halides is 3. The molecule has 3 aliphatic heterocycles. The summed E-state index contributed by atoms with van der Waals surface area (Å²) >= 11 is 1.41. The number of quaternary nitrogens is 1. The number of carbonyl (C=O) groups is 1. The zero-order chi connectivity index (χ0) is 21.4. The lowest BCUT2D eigenvalue weighted by atomic mass is 9.79. The van der Waals surface area contributed by atoms with Gasteiger partial charge in [-0.2, -0.15) is 13.2 Å². The summed E-state index contributed by atoms with van der Waals surface area (Å²) < 4.78 is 38.5. The number of thiophene rings is 1. The first kappa shape index (κ1) is 22.1. The number of amides is 1. The molecule has 4 nitrogen and oxygen atoms in total. The van der Waals surface area contributed by atoms with E-state index in [-0.39, 0.29) is 24.3 Å². The van der Waals surface area contributed by atoms with E-state index >= 15 is 0 Å². The number of aliphatic hydroxyl groups is 1. The van der Waals surface area contributed by atoms with Gasteiger partial charge in [-0.15, -0.1) is 11.3 Å². The number of nitrogens with one attached hydrogen (secondary N) is 1. The third kappa shape index (κ3) is 4.41. The van der Waals surface area contributed by atoms with Crippen LogP contribution in [-0.2, 0) is 10.4 Å². The smallest absolute Gasteiger partial charge is 0.374 e. The highest BCUT2D eigenvalue weighted by atomic mass is 32.1. The molecule has 3 saturated heterocycles. The molecule has 1 amide bonds. The van der Waals surface area contributed by atoms with Gasteiger partial charge in [0.2, 0.25) is 0 Å². The number of fused-ring (bicyclic) bond motifs is 3. The lowest BCUT2D eigenvalue weighted by Gasteiger charge is -2.53. The van der Waals surface area contributed by atoms with Gasteiger partial charge in [0.05, 0.1) is 32.2 Å². The zero-order valence-electron chi connectivity index (χ0n) is 17.3. The summed E-state index contributed by atoms with van der Waals surface area (Å²) in [7, 11) is 0. The second kappa shape index (κ2) is 8.43. The van der Waals surface area contributed by atoms with E-state index in [0.717, 1.165) is 51.6 Å². The highest BCUT2D eigenvalue weighted by molar-refractivity contribution is 7.10. The summed E-state index contributed by atoms with van der Waals surface area (Å²) in [5.74, 6) is -0.0380. The molecule has 0 unspecified atom stereocenters. The normalized spacial score (nSPS) is 31.6. The van der Waals surface area contributed by atoms with E-state index in [2.05, 4.69) is 5.32 Å². The predicted molar refractivity (Wildman–Crippen MR) is 110 cm³/mol. The van der Waals surface area contributed by atoms with Crippen LogP contribution in [0.1, 0.15) is 56.2 Å². The van der Waals surface area contributed by atoms with Crippen molar-refractivity contribution in [2.24, 2.45) is 11.8 Å². The fraction of sp³-hybridized carbons (Fsp3) is 0.773. The van der Waals surface area contributed by atoms with Crippen LogP contribution in [0.15, 0.2) is 17.5 Å². The first-order valence-corrected chi connectivity index (χ1v) is 12.1. The Morgan fingerprint density at radius 2 is 1.90 bits per heavy atom. The molecule has 0 radical (unpaired) electrons.